The monoisotopic (exact) mass is 397 g/mol. The van der Waals surface area contributed by atoms with Gasteiger partial charge in [-0.25, -0.2) is 4.79 Å². The summed E-state index contributed by atoms with van der Waals surface area (Å²) in [4.78, 5) is 35.4. The van der Waals surface area contributed by atoms with Crippen molar-refractivity contribution in [3.63, 3.8) is 0 Å². The van der Waals surface area contributed by atoms with Crippen LogP contribution in [-0.2, 0) is 9.53 Å². The quantitative estimate of drug-likeness (QED) is 0.321. The summed E-state index contributed by atoms with van der Waals surface area (Å²) in [6.07, 6.45) is 0. The van der Waals surface area contributed by atoms with E-state index >= 15 is 0 Å². The number of nitrogens with one attached hydrogen (secondary N) is 2. The van der Waals surface area contributed by atoms with E-state index in [2.05, 4.69) is 17.2 Å². The van der Waals surface area contributed by atoms with Crippen molar-refractivity contribution in [2.75, 3.05) is 13.2 Å². The van der Waals surface area contributed by atoms with Crippen molar-refractivity contribution in [2.24, 2.45) is 5.92 Å². The number of nitro groups is 1. The van der Waals surface area contributed by atoms with Gasteiger partial charge in [-0.15, -0.1) is 0 Å². The number of esters is 1. The lowest BCUT2D eigenvalue weighted by Crippen LogP contribution is -2.51. The molecule has 1 saturated heterocycles. The van der Waals surface area contributed by atoms with Crippen LogP contribution in [0.2, 0.25) is 0 Å². The number of hydrogen-bond donors (Lipinski definition) is 2. The van der Waals surface area contributed by atoms with E-state index in [1.807, 2.05) is 18.2 Å². The zero-order valence-corrected chi connectivity index (χ0v) is 15.4. The molecule has 3 rings (SSSR count). The minimum atomic E-state index is -1.04. The Balaban J connectivity index is 1.72. The molecule has 150 valence electrons. The average Bonchev–Trinajstić information content (AvgIpc) is 2.71. The van der Waals surface area contributed by atoms with E-state index in [-0.39, 0.29) is 30.2 Å². The van der Waals surface area contributed by atoms with Crippen LogP contribution in [0, 0.1) is 16.0 Å². The molecule has 0 bridgehead atoms. The topological polar surface area (TPSA) is 120 Å². The summed E-state index contributed by atoms with van der Waals surface area (Å²) in [5.41, 5.74) is 0.0829. The Labute approximate surface area is 166 Å². The Morgan fingerprint density at radius 1 is 1.10 bits per heavy atom. The van der Waals surface area contributed by atoms with Crippen LogP contribution in [0.5, 0.6) is 5.75 Å². The molecule has 2 N–H and O–H groups in total. The van der Waals surface area contributed by atoms with Gasteiger partial charge in [-0.3, -0.25) is 14.9 Å². The highest BCUT2D eigenvalue weighted by Gasteiger charge is 2.41. The van der Waals surface area contributed by atoms with Crippen LogP contribution >= 0.6 is 0 Å². The zero-order chi connectivity index (χ0) is 20.8. The molecule has 0 spiro atoms. The van der Waals surface area contributed by atoms with E-state index < -0.39 is 28.9 Å². The third-order valence-corrected chi connectivity index (χ3v) is 4.33. The van der Waals surface area contributed by atoms with Crippen molar-refractivity contribution < 1.29 is 24.0 Å². The largest absolute Gasteiger partial charge is 0.490 e. The molecule has 9 nitrogen and oxygen atoms in total. The third-order valence-electron chi connectivity index (χ3n) is 4.33. The highest BCUT2D eigenvalue weighted by atomic mass is 16.6. The number of benzene rings is 2. The maximum Gasteiger partial charge on any atom is 0.319 e. The van der Waals surface area contributed by atoms with Gasteiger partial charge in [0.25, 0.3) is 5.69 Å². The Bertz CT molecular complexity index is 931. The standard InChI is InChI=1S/C20H19N3O6/c1-13-17(19(24)29-12-11-28-14-7-3-2-4-8-14)18(22-20(25)21-13)15-9-5-6-10-16(15)23(26)27/h2-10,17-18H,1,11-12H2,(H2,21,22,25)/t17-,18+/m1/s1. The minimum Gasteiger partial charge on any atom is -0.490 e. The van der Waals surface area contributed by atoms with Crippen LogP contribution in [0.4, 0.5) is 10.5 Å². The van der Waals surface area contributed by atoms with Gasteiger partial charge in [0, 0.05) is 11.8 Å². The number of ether oxygens (including phenoxy) is 2. The van der Waals surface area contributed by atoms with Gasteiger partial charge in [0.1, 0.15) is 24.9 Å². The molecule has 2 atom stereocenters. The summed E-state index contributed by atoms with van der Waals surface area (Å²) < 4.78 is 10.8. The molecule has 0 aliphatic carbocycles. The number of nitro benzene ring substituents is 1. The lowest BCUT2D eigenvalue weighted by atomic mass is 9.88. The predicted molar refractivity (Wildman–Crippen MR) is 103 cm³/mol. The number of rotatable bonds is 7. The number of nitrogens with zero attached hydrogens (tertiary/aromatic N) is 1. The number of hydrogen-bond acceptors (Lipinski definition) is 6. The van der Waals surface area contributed by atoms with Crippen LogP contribution in [0.25, 0.3) is 0 Å². The van der Waals surface area contributed by atoms with Crippen molar-refractivity contribution >= 4 is 17.7 Å². The van der Waals surface area contributed by atoms with Crippen LogP contribution in [0.3, 0.4) is 0 Å². The van der Waals surface area contributed by atoms with Gasteiger partial charge in [-0.05, 0) is 12.1 Å². The van der Waals surface area contributed by atoms with Crippen molar-refractivity contribution in [1.29, 1.82) is 0 Å². The Morgan fingerprint density at radius 3 is 2.52 bits per heavy atom. The number of para-hydroxylation sites is 2. The van der Waals surface area contributed by atoms with E-state index in [4.69, 9.17) is 9.47 Å². The van der Waals surface area contributed by atoms with Crippen LogP contribution in [0.15, 0.2) is 66.9 Å². The van der Waals surface area contributed by atoms with Crippen molar-refractivity contribution in [2.45, 2.75) is 6.04 Å². The molecule has 29 heavy (non-hydrogen) atoms. The Kier molecular flexibility index (Phi) is 6.08. The van der Waals surface area contributed by atoms with Gasteiger partial charge in [-0.1, -0.05) is 43.0 Å². The van der Waals surface area contributed by atoms with Gasteiger partial charge >= 0.3 is 12.0 Å². The first-order chi connectivity index (χ1) is 14.0. The molecule has 0 saturated carbocycles. The fourth-order valence-electron chi connectivity index (χ4n) is 3.05. The van der Waals surface area contributed by atoms with Gasteiger partial charge < -0.3 is 20.1 Å². The SMILES string of the molecule is C=C1NC(=O)N[C@@H](c2ccccc2[N+](=O)[O-])[C@@H]1C(=O)OCCOc1ccccc1. The first-order valence-corrected chi connectivity index (χ1v) is 8.81. The normalized spacial score (nSPS) is 18.3. The zero-order valence-electron chi connectivity index (χ0n) is 15.4. The van der Waals surface area contributed by atoms with Crippen LogP contribution in [0.1, 0.15) is 11.6 Å². The molecular formula is C20H19N3O6. The summed E-state index contributed by atoms with van der Waals surface area (Å²) in [5, 5.41) is 16.4. The smallest absolute Gasteiger partial charge is 0.319 e. The molecule has 2 amide bonds. The molecule has 0 radical (unpaired) electrons. The van der Waals surface area contributed by atoms with E-state index in [0.29, 0.717) is 5.75 Å². The lowest BCUT2D eigenvalue weighted by Gasteiger charge is -2.32. The van der Waals surface area contributed by atoms with Gasteiger partial charge in [-0.2, -0.15) is 0 Å². The second kappa shape index (κ2) is 8.87. The number of urea groups is 1. The number of amides is 2. The number of carbonyl (C=O) groups is 2. The van der Waals surface area contributed by atoms with Crippen LogP contribution in [-0.4, -0.2) is 30.1 Å². The molecule has 1 heterocycles. The van der Waals surface area contributed by atoms with Crippen molar-refractivity contribution in [1.82, 2.24) is 10.6 Å². The summed E-state index contributed by atoms with van der Waals surface area (Å²) in [6.45, 7) is 3.82. The molecular weight excluding hydrogens is 378 g/mol. The molecule has 0 unspecified atom stereocenters. The van der Waals surface area contributed by atoms with E-state index in [1.54, 1.807) is 18.2 Å². The minimum absolute atomic E-state index is 0.0327. The van der Waals surface area contributed by atoms with E-state index in [9.17, 15) is 19.7 Å². The van der Waals surface area contributed by atoms with Crippen LogP contribution < -0.4 is 15.4 Å². The molecule has 1 fully saturated rings. The highest BCUT2D eigenvalue weighted by Crippen LogP contribution is 2.35. The third kappa shape index (κ3) is 4.70. The summed E-state index contributed by atoms with van der Waals surface area (Å²) in [5.74, 6) is -1.08. The molecule has 0 aromatic heterocycles. The maximum absolute atomic E-state index is 12.7. The second-order valence-corrected chi connectivity index (χ2v) is 6.22. The van der Waals surface area contributed by atoms with Crippen molar-refractivity contribution in [3.05, 3.63) is 82.6 Å². The summed E-state index contributed by atoms with van der Waals surface area (Å²) in [7, 11) is 0. The Morgan fingerprint density at radius 2 is 1.79 bits per heavy atom. The summed E-state index contributed by atoms with van der Waals surface area (Å²) in [6, 6.07) is 13.3. The first-order valence-electron chi connectivity index (χ1n) is 8.81. The molecule has 1 aliphatic heterocycles. The van der Waals surface area contributed by atoms with E-state index in [1.165, 1.54) is 18.2 Å². The number of carbonyl (C=O) groups excluding carboxylic acids is 2. The Hall–Kier alpha value is -3.88. The fraction of sp³-hybridized carbons (Fsp3) is 0.200. The maximum atomic E-state index is 12.7. The van der Waals surface area contributed by atoms with Gasteiger partial charge in [0.2, 0.25) is 0 Å². The predicted octanol–water partition coefficient (Wildman–Crippen LogP) is 2.70. The van der Waals surface area contributed by atoms with E-state index in [0.717, 1.165) is 0 Å². The molecule has 2 aromatic rings. The molecule has 2 aromatic carbocycles. The van der Waals surface area contributed by atoms with Crippen molar-refractivity contribution in [3.8, 4) is 5.75 Å². The summed E-state index contributed by atoms with van der Waals surface area (Å²) >= 11 is 0. The fourth-order valence-corrected chi connectivity index (χ4v) is 3.05. The lowest BCUT2D eigenvalue weighted by molar-refractivity contribution is -0.385. The highest BCUT2D eigenvalue weighted by molar-refractivity contribution is 5.85. The van der Waals surface area contributed by atoms with Gasteiger partial charge in [0.05, 0.1) is 16.5 Å². The second-order valence-electron chi connectivity index (χ2n) is 6.22. The first kappa shape index (κ1) is 19.9. The molecule has 1 aliphatic rings. The molecule has 9 heteroatoms. The average molecular weight is 397 g/mol. The van der Waals surface area contributed by atoms with Gasteiger partial charge in [0.15, 0.2) is 0 Å².